The summed E-state index contributed by atoms with van der Waals surface area (Å²) in [6, 6.07) is 0. The molecule has 0 aliphatic carbocycles. The maximum Gasteiger partial charge on any atom is 0.306 e. The van der Waals surface area contributed by atoms with Crippen molar-refractivity contribution in [2.75, 3.05) is 0 Å². The lowest BCUT2D eigenvalue weighted by molar-refractivity contribution is -0.141. The van der Waals surface area contributed by atoms with Gasteiger partial charge in [0.2, 0.25) is 0 Å². The molecule has 0 rings (SSSR count). The molecule has 0 aliphatic rings. The highest BCUT2D eigenvalue weighted by molar-refractivity contribution is 5.75. The smallest absolute Gasteiger partial charge is 0.306 e. The Kier molecular flexibility index (Phi) is 8.45. The predicted octanol–water partition coefficient (Wildman–Crippen LogP) is 1.13. The second kappa shape index (κ2) is 6.36. The highest BCUT2D eigenvalue weighted by Gasteiger charge is 2.07. The van der Waals surface area contributed by atoms with E-state index in [-0.39, 0.29) is 29.0 Å². The van der Waals surface area contributed by atoms with Crippen molar-refractivity contribution >= 4 is 29.0 Å². The largest absolute Gasteiger partial charge is 0.481 e. The van der Waals surface area contributed by atoms with Crippen LogP contribution in [0.4, 0.5) is 0 Å². The van der Waals surface area contributed by atoms with E-state index in [9.17, 15) is 4.79 Å². The molecule has 2 nitrogen and oxygen atoms in total. The van der Waals surface area contributed by atoms with Crippen molar-refractivity contribution in [2.45, 2.75) is 26.7 Å². The lowest BCUT2D eigenvalue weighted by atomic mass is 10.1. The molecule has 0 fully saturated rings. The van der Waals surface area contributed by atoms with Crippen molar-refractivity contribution in [1.82, 2.24) is 0 Å². The molecular formula is C6H12MgO2. The van der Waals surface area contributed by atoms with Gasteiger partial charge in [-0.05, 0) is 6.42 Å². The maximum absolute atomic E-state index is 10.1. The van der Waals surface area contributed by atoms with Crippen LogP contribution >= 0.6 is 0 Å². The van der Waals surface area contributed by atoms with Crippen molar-refractivity contribution in [1.29, 1.82) is 0 Å². The van der Waals surface area contributed by atoms with Gasteiger partial charge in [0.25, 0.3) is 0 Å². The van der Waals surface area contributed by atoms with E-state index in [4.69, 9.17) is 5.11 Å². The zero-order chi connectivity index (χ0) is 6.57. The number of carboxylic acids is 1. The Morgan fingerprint density at radius 2 is 2.11 bits per heavy atom. The summed E-state index contributed by atoms with van der Waals surface area (Å²) in [6.07, 6.45) is 1.74. The third-order valence-electron chi connectivity index (χ3n) is 1.14. The number of carboxylic acid groups (broad SMARTS) is 1. The van der Waals surface area contributed by atoms with Crippen LogP contribution in [0.15, 0.2) is 0 Å². The summed E-state index contributed by atoms with van der Waals surface area (Å²) < 4.78 is 0. The van der Waals surface area contributed by atoms with Crippen molar-refractivity contribution in [3.63, 3.8) is 0 Å². The van der Waals surface area contributed by atoms with Crippen LogP contribution in [0.5, 0.6) is 0 Å². The molecule has 0 aromatic rings. The molecule has 0 spiro atoms. The summed E-state index contributed by atoms with van der Waals surface area (Å²) >= 11 is 0. The van der Waals surface area contributed by atoms with Crippen molar-refractivity contribution < 1.29 is 9.90 Å². The lowest BCUT2D eigenvalue weighted by Gasteiger charge is -2.00. The summed E-state index contributed by atoms with van der Waals surface area (Å²) in [7, 11) is 0. The van der Waals surface area contributed by atoms with Gasteiger partial charge in [-0.1, -0.05) is 20.3 Å². The Morgan fingerprint density at radius 1 is 1.67 bits per heavy atom. The summed E-state index contributed by atoms with van der Waals surface area (Å²) in [4.78, 5) is 10.1. The Balaban J connectivity index is 0. The van der Waals surface area contributed by atoms with Crippen molar-refractivity contribution in [2.24, 2.45) is 5.92 Å². The Labute approximate surface area is 71.8 Å². The minimum atomic E-state index is -0.688. The van der Waals surface area contributed by atoms with E-state index in [1.54, 1.807) is 6.92 Å². The zero-order valence-electron chi connectivity index (χ0n) is 6.05. The van der Waals surface area contributed by atoms with E-state index in [2.05, 4.69) is 0 Å². The number of rotatable bonds is 3. The van der Waals surface area contributed by atoms with Gasteiger partial charge >= 0.3 is 5.97 Å². The van der Waals surface area contributed by atoms with Gasteiger partial charge in [-0.15, -0.1) is 0 Å². The molecule has 0 aromatic carbocycles. The SMILES string of the molecule is CCCC(C)C(=O)O.[Mg]. The topological polar surface area (TPSA) is 37.3 Å². The monoisotopic (exact) mass is 140 g/mol. The van der Waals surface area contributed by atoms with Gasteiger partial charge in [-0.3, -0.25) is 4.79 Å². The highest BCUT2D eigenvalue weighted by Crippen LogP contribution is 2.03. The summed E-state index contributed by atoms with van der Waals surface area (Å²) in [5, 5.41) is 8.31. The normalized spacial score (nSPS) is 11.8. The van der Waals surface area contributed by atoms with Crippen LogP contribution in [0.1, 0.15) is 26.7 Å². The molecule has 0 saturated carbocycles. The standard InChI is InChI=1S/C6H12O2.Mg/c1-3-4-5(2)6(7)8;/h5H,3-4H2,1-2H3,(H,7,8);. The van der Waals surface area contributed by atoms with Gasteiger partial charge in [0.05, 0.1) is 5.92 Å². The first kappa shape index (κ1) is 12.0. The van der Waals surface area contributed by atoms with Crippen LogP contribution in [0.25, 0.3) is 0 Å². The molecule has 0 heterocycles. The van der Waals surface area contributed by atoms with Gasteiger partial charge < -0.3 is 5.11 Å². The molecular weight excluding hydrogens is 128 g/mol. The molecule has 0 aliphatic heterocycles. The van der Waals surface area contributed by atoms with Gasteiger partial charge in [0, 0.05) is 23.1 Å². The first-order valence-electron chi connectivity index (χ1n) is 2.91. The van der Waals surface area contributed by atoms with Crippen molar-refractivity contribution in [3.05, 3.63) is 0 Å². The van der Waals surface area contributed by atoms with Crippen molar-refractivity contribution in [3.8, 4) is 0 Å². The Morgan fingerprint density at radius 3 is 2.22 bits per heavy atom. The predicted molar refractivity (Wildman–Crippen MR) is 37.5 cm³/mol. The first-order valence-corrected chi connectivity index (χ1v) is 2.91. The Bertz CT molecular complexity index is 83.1. The van der Waals surface area contributed by atoms with Gasteiger partial charge in [-0.25, -0.2) is 0 Å². The van der Waals surface area contributed by atoms with Crippen LogP contribution in [0.3, 0.4) is 0 Å². The number of aliphatic carboxylic acids is 1. The van der Waals surface area contributed by atoms with Gasteiger partial charge in [0.1, 0.15) is 0 Å². The maximum atomic E-state index is 10.1. The molecule has 1 unspecified atom stereocenters. The minimum Gasteiger partial charge on any atom is -0.481 e. The van der Waals surface area contributed by atoms with E-state index >= 15 is 0 Å². The summed E-state index contributed by atoms with van der Waals surface area (Å²) in [5.41, 5.74) is 0. The van der Waals surface area contributed by atoms with Crippen LogP contribution in [-0.4, -0.2) is 34.1 Å². The fourth-order valence-corrected chi connectivity index (χ4v) is 0.556. The molecule has 50 valence electrons. The fraction of sp³-hybridized carbons (Fsp3) is 0.833. The average molecular weight is 140 g/mol. The molecule has 3 heteroatoms. The third-order valence-corrected chi connectivity index (χ3v) is 1.14. The van der Waals surface area contributed by atoms with E-state index in [1.165, 1.54) is 0 Å². The molecule has 2 radical (unpaired) electrons. The first-order chi connectivity index (χ1) is 3.68. The third kappa shape index (κ3) is 6.12. The molecule has 1 N–H and O–H groups in total. The van der Waals surface area contributed by atoms with E-state index in [1.807, 2.05) is 6.92 Å². The molecule has 0 amide bonds. The van der Waals surface area contributed by atoms with Crippen LogP contribution in [0, 0.1) is 5.92 Å². The molecule has 1 atom stereocenters. The molecule has 9 heavy (non-hydrogen) atoms. The number of hydrogen-bond acceptors (Lipinski definition) is 1. The average Bonchev–Trinajstić information content (AvgIpc) is 1.67. The fourth-order valence-electron chi connectivity index (χ4n) is 0.556. The van der Waals surface area contributed by atoms with Gasteiger partial charge in [0.15, 0.2) is 0 Å². The summed E-state index contributed by atoms with van der Waals surface area (Å²) in [5.74, 6) is -0.855. The van der Waals surface area contributed by atoms with Crippen LogP contribution in [0.2, 0.25) is 0 Å². The van der Waals surface area contributed by atoms with Gasteiger partial charge in [-0.2, -0.15) is 0 Å². The quantitative estimate of drug-likeness (QED) is 0.597. The van der Waals surface area contributed by atoms with E-state index in [0.29, 0.717) is 0 Å². The molecule has 0 saturated heterocycles. The van der Waals surface area contributed by atoms with Crippen LogP contribution in [-0.2, 0) is 4.79 Å². The molecule has 0 bridgehead atoms. The second-order valence-corrected chi connectivity index (χ2v) is 2.03. The zero-order valence-corrected chi connectivity index (χ0v) is 7.47. The van der Waals surface area contributed by atoms with E-state index in [0.717, 1.165) is 12.8 Å². The number of carbonyl (C=O) groups is 1. The minimum absolute atomic E-state index is 0. The lowest BCUT2D eigenvalue weighted by Crippen LogP contribution is -2.08. The summed E-state index contributed by atoms with van der Waals surface area (Å²) in [6.45, 7) is 3.71. The Hall–Kier alpha value is 0.236. The highest BCUT2D eigenvalue weighted by atomic mass is 24.3. The van der Waals surface area contributed by atoms with Crippen LogP contribution < -0.4 is 0 Å². The van der Waals surface area contributed by atoms with E-state index < -0.39 is 5.97 Å². The second-order valence-electron chi connectivity index (χ2n) is 2.03. The molecule has 0 aromatic heterocycles. The number of hydrogen-bond donors (Lipinski definition) is 1.